The second-order valence-corrected chi connectivity index (χ2v) is 5.04. The van der Waals surface area contributed by atoms with Crippen molar-refractivity contribution in [3.63, 3.8) is 0 Å². The molecule has 1 unspecified atom stereocenters. The van der Waals surface area contributed by atoms with Crippen LogP contribution in [0.1, 0.15) is 37.1 Å². The zero-order valence-electron chi connectivity index (χ0n) is 10.7. The van der Waals surface area contributed by atoms with Crippen LogP contribution in [0.5, 0.6) is 0 Å². The third-order valence-electron chi connectivity index (χ3n) is 3.62. The number of pyridine rings is 1. The third kappa shape index (κ3) is 2.95. The summed E-state index contributed by atoms with van der Waals surface area (Å²) in [6.45, 7) is 1.92. The predicted molar refractivity (Wildman–Crippen MR) is 68.7 cm³/mol. The maximum atomic E-state index is 12.2. The van der Waals surface area contributed by atoms with Gasteiger partial charge in [0.25, 0.3) is 0 Å². The van der Waals surface area contributed by atoms with Gasteiger partial charge in [0, 0.05) is 23.7 Å². The summed E-state index contributed by atoms with van der Waals surface area (Å²) in [4.78, 5) is 16.6. The number of carbonyl (C=O) groups excluding carboxylic acids is 1. The molecule has 94 valence electrons. The molecule has 0 saturated heterocycles. The lowest BCUT2D eigenvalue weighted by atomic mass is 9.89. The molecular weight excluding hydrogens is 224 g/mol. The number of carbonyl (C=O) groups is 1. The molecule has 3 heteroatoms. The molecule has 1 aliphatic rings. The van der Waals surface area contributed by atoms with Crippen molar-refractivity contribution in [1.29, 1.82) is 5.26 Å². The molecule has 0 amide bonds. The number of hydrogen-bond acceptors (Lipinski definition) is 3. The van der Waals surface area contributed by atoms with Gasteiger partial charge in [-0.2, -0.15) is 5.26 Å². The van der Waals surface area contributed by atoms with E-state index < -0.39 is 5.92 Å². The van der Waals surface area contributed by atoms with Gasteiger partial charge in [0.05, 0.1) is 6.07 Å². The first-order valence-electron chi connectivity index (χ1n) is 6.56. The van der Waals surface area contributed by atoms with E-state index in [2.05, 4.69) is 11.1 Å². The highest BCUT2D eigenvalue weighted by atomic mass is 16.1. The minimum atomic E-state index is -0.526. The van der Waals surface area contributed by atoms with Gasteiger partial charge in [-0.15, -0.1) is 0 Å². The molecule has 0 N–H and O–H groups in total. The molecular formula is C15H18N2O. The lowest BCUT2D eigenvalue weighted by Gasteiger charge is -2.12. The Balaban J connectivity index is 2.05. The van der Waals surface area contributed by atoms with Gasteiger partial charge in [0.15, 0.2) is 5.78 Å². The average Bonchev–Trinajstić information content (AvgIpc) is 2.89. The van der Waals surface area contributed by atoms with Gasteiger partial charge in [-0.3, -0.25) is 9.78 Å². The number of aryl methyl sites for hydroxylation is 1. The molecule has 1 heterocycles. The summed E-state index contributed by atoms with van der Waals surface area (Å²) in [5, 5.41) is 9.19. The fraction of sp³-hybridized carbons (Fsp3) is 0.533. The van der Waals surface area contributed by atoms with E-state index in [-0.39, 0.29) is 11.7 Å². The zero-order chi connectivity index (χ0) is 13.0. The first kappa shape index (κ1) is 12.8. The predicted octanol–water partition coefficient (Wildman–Crippen LogP) is 2.83. The van der Waals surface area contributed by atoms with Crippen LogP contribution in [0, 0.1) is 30.1 Å². The van der Waals surface area contributed by atoms with Crippen molar-refractivity contribution in [2.24, 2.45) is 11.8 Å². The summed E-state index contributed by atoms with van der Waals surface area (Å²) in [6, 6.07) is 7.89. The Morgan fingerprint density at radius 3 is 2.83 bits per heavy atom. The normalized spacial score (nSPS) is 17.3. The van der Waals surface area contributed by atoms with Crippen LogP contribution in [0.25, 0.3) is 0 Å². The van der Waals surface area contributed by atoms with E-state index in [1.807, 2.05) is 25.1 Å². The van der Waals surface area contributed by atoms with Crippen molar-refractivity contribution >= 4 is 5.78 Å². The molecule has 1 fully saturated rings. The van der Waals surface area contributed by atoms with Crippen LogP contribution in [-0.2, 0) is 11.2 Å². The number of hydrogen-bond donors (Lipinski definition) is 0. The van der Waals surface area contributed by atoms with Gasteiger partial charge >= 0.3 is 0 Å². The van der Waals surface area contributed by atoms with Crippen molar-refractivity contribution < 1.29 is 4.79 Å². The number of ketones is 1. The lowest BCUT2D eigenvalue weighted by Crippen LogP contribution is -2.22. The Bertz CT molecular complexity index is 470. The van der Waals surface area contributed by atoms with Crippen LogP contribution >= 0.6 is 0 Å². The quantitative estimate of drug-likeness (QED) is 0.815. The number of nitriles is 1. The Kier molecular flexibility index (Phi) is 4.09. The summed E-state index contributed by atoms with van der Waals surface area (Å²) in [5.41, 5.74) is 1.77. The number of aromatic nitrogens is 1. The van der Waals surface area contributed by atoms with E-state index in [0.29, 0.717) is 6.42 Å². The van der Waals surface area contributed by atoms with Gasteiger partial charge in [0.2, 0.25) is 0 Å². The van der Waals surface area contributed by atoms with Crippen LogP contribution in [0.15, 0.2) is 18.2 Å². The molecule has 1 aromatic rings. The van der Waals surface area contributed by atoms with Crippen molar-refractivity contribution in [3.05, 3.63) is 29.6 Å². The minimum absolute atomic E-state index is 0.111. The van der Waals surface area contributed by atoms with Gasteiger partial charge in [-0.05, 0) is 31.9 Å². The fourth-order valence-corrected chi connectivity index (χ4v) is 2.63. The molecule has 0 bridgehead atoms. The minimum Gasteiger partial charge on any atom is -0.298 e. The standard InChI is InChI=1S/C15H18N2O/c1-11-5-4-8-14(17-11)9-13(10-16)15(18)12-6-2-3-7-12/h4-5,8,12-13H,2-3,6-7,9H2,1H3. The smallest absolute Gasteiger partial charge is 0.153 e. The van der Waals surface area contributed by atoms with Gasteiger partial charge in [-0.25, -0.2) is 0 Å². The van der Waals surface area contributed by atoms with Crippen molar-refractivity contribution in [2.45, 2.75) is 39.0 Å². The summed E-state index contributed by atoms with van der Waals surface area (Å²) in [6.07, 6.45) is 4.61. The third-order valence-corrected chi connectivity index (χ3v) is 3.62. The SMILES string of the molecule is Cc1cccc(CC(C#N)C(=O)C2CCCC2)n1. The summed E-state index contributed by atoms with van der Waals surface area (Å²) >= 11 is 0. The highest BCUT2D eigenvalue weighted by Crippen LogP contribution is 2.28. The molecule has 1 aromatic heterocycles. The Hall–Kier alpha value is -1.69. The molecule has 18 heavy (non-hydrogen) atoms. The van der Waals surface area contributed by atoms with Crippen LogP contribution < -0.4 is 0 Å². The fourth-order valence-electron chi connectivity index (χ4n) is 2.63. The van der Waals surface area contributed by atoms with E-state index in [0.717, 1.165) is 37.1 Å². The number of Topliss-reactive ketones (excluding diaryl/α,β-unsaturated/α-hetero) is 1. The monoisotopic (exact) mass is 242 g/mol. The highest BCUT2D eigenvalue weighted by molar-refractivity contribution is 5.86. The van der Waals surface area contributed by atoms with Gasteiger partial charge < -0.3 is 0 Å². The van der Waals surface area contributed by atoms with E-state index >= 15 is 0 Å². The number of rotatable bonds is 4. The Morgan fingerprint density at radius 2 is 2.22 bits per heavy atom. The number of nitrogens with zero attached hydrogens (tertiary/aromatic N) is 2. The highest BCUT2D eigenvalue weighted by Gasteiger charge is 2.29. The van der Waals surface area contributed by atoms with Crippen LogP contribution in [0.2, 0.25) is 0 Å². The Labute approximate surface area is 108 Å². The molecule has 0 aliphatic heterocycles. The van der Waals surface area contributed by atoms with Crippen molar-refractivity contribution in [3.8, 4) is 6.07 Å². The molecule has 0 aromatic carbocycles. The molecule has 1 aliphatic carbocycles. The topological polar surface area (TPSA) is 53.8 Å². The van der Waals surface area contributed by atoms with E-state index in [4.69, 9.17) is 0 Å². The maximum Gasteiger partial charge on any atom is 0.153 e. The zero-order valence-corrected chi connectivity index (χ0v) is 10.7. The van der Waals surface area contributed by atoms with Gasteiger partial charge in [-0.1, -0.05) is 18.9 Å². The maximum absolute atomic E-state index is 12.2. The van der Waals surface area contributed by atoms with E-state index in [1.165, 1.54) is 0 Å². The summed E-state index contributed by atoms with van der Waals surface area (Å²) in [7, 11) is 0. The first-order valence-corrected chi connectivity index (χ1v) is 6.56. The second-order valence-electron chi connectivity index (χ2n) is 5.04. The van der Waals surface area contributed by atoms with Crippen molar-refractivity contribution in [1.82, 2.24) is 4.98 Å². The van der Waals surface area contributed by atoms with Crippen LogP contribution in [0.3, 0.4) is 0 Å². The Morgan fingerprint density at radius 1 is 1.50 bits per heavy atom. The first-order chi connectivity index (χ1) is 8.70. The molecule has 0 spiro atoms. The molecule has 1 atom stereocenters. The van der Waals surface area contributed by atoms with E-state index in [9.17, 15) is 10.1 Å². The summed E-state index contributed by atoms with van der Waals surface area (Å²) < 4.78 is 0. The molecule has 0 radical (unpaired) electrons. The largest absolute Gasteiger partial charge is 0.298 e. The van der Waals surface area contributed by atoms with Crippen molar-refractivity contribution in [2.75, 3.05) is 0 Å². The van der Waals surface area contributed by atoms with E-state index in [1.54, 1.807) is 0 Å². The summed E-state index contributed by atoms with van der Waals surface area (Å²) in [5.74, 6) is -0.292. The van der Waals surface area contributed by atoms with Crippen LogP contribution in [0.4, 0.5) is 0 Å². The molecule has 3 nitrogen and oxygen atoms in total. The molecule has 1 saturated carbocycles. The average molecular weight is 242 g/mol. The van der Waals surface area contributed by atoms with Crippen LogP contribution in [-0.4, -0.2) is 10.8 Å². The second kappa shape index (κ2) is 5.77. The lowest BCUT2D eigenvalue weighted by molar-refractivity contribution is -0.125. The van der Waals surface area contributed by atoms with Gasteiger partial charge in [0.1, 0.15) is 5.92 Å². The molecule has 2 rings (SSSR count).